The van der Waals surface area contributed by atoms with Crippen LogP contribution in [0.1, 0.15) is 32.6 Å². The van der Waals surface area contributed by atoms with E-state index in [0.29, 0.717) is 22.9 Å². The predicted octanol–water partition coefficient (Wildman–Crippen LogP) is 3.15. The third kappa shape index (κ3) is 3.47. The van der Waals surface area contributed by atoms with E-state index < -0.39 is 0 Å². The molecule has 0 unspecified atom stereocenters. The monoisotopic (exact) mass is 281 g/mol. The smallest absolute Gasteiger partial charge is 0.239 e. The van der Waals surface area contributed by atoms with Gasteiger partial charge in [0.2, 0.25) is 5.88 Å². The lowest BCUT2D eigenvalue weighted by atomic mass is 10.1. The van der Waals surface area contributed by atoms with Crippen molar-refractivity contribution in [3.8, 4) is 5.88 Å². The molecule has 1 aliphatic carbocycles. The SMILES string of the molecule is CCOc1nc(NCC2(SC)CCCC2)ccc1N. The molecule has 1 aliphatic rings. The Labute approximate surface area is 119 Å². The number of aromatic nitrogens is 1. The van der Waals surface area contributed by atoms with Crippen LogP contribution in [0.25, 0.3) is 0 Å². The summed E-state index contributed by atoms with van der Waals surface area (Å²) in [5.41, 5.74) is 6.42. The number of nitrogens with one attached hydrogen (secondary N) is 1. The first-order valence-corrected chi connectivity index (χ1v) is 8.10. The van der Waals surface area contributed by atoms with Gasteiger partial charge < -0.3 is 15.8 Å². The van der Waals surface area contributed by atoms with Crippen LogP contribution in [-0.2, 0) is 0 Å². The molecule has 1 heterocycles. The third-order valence-electron chi connectivity index (χ3n) is 3.71. The molecule has 1 aromatic rings. The van der Waals surface area contributed by atoms with E-state index in [-0.39, 0.29) is 0 Å². The van der Waals surface area contributed by atoms with Crippen LogP contribution in [0.3, 0.4) is 0 Å². The van der Waals surface area contributed by atoms with Crippen molar-refractivity contribution in [2.45, 2.75) is 37.4 Å². The molecule has 0 amide bonds. The second kappa shape index (κ2) is 6.37. The van der Waals surface area contributed by atoms with Gasteiger partial charge in [-0.15, -0.1) is 0 Å². The summed E-state index contributed by atoms with van der Waals surface area (Å²) in [6.45, 7) is 3.47. The summed E-state index contributed by atoms with van der Waals surface area (Å²) < 4.78 is 5.79. The molecule has 5 heteroatoms. The van der Waals surface area contributed by atoms with Crippen LogP contribution in [-0.4, -0.2) is 29.1 Å². The lowest BCUT2D eigenvalue weighted by molar-refractivity contribution is 0.329. The number of hydrogen-bond donors (Lipinski definition) is 2. The van der Waals surface area contributed by atoms with Crippen LogP contribution in [0.15, 0.2) is 12.1 Å². The average molecular weight is 281 g/mol. The van der Waals surface area contributed by atoms with Gasteiger partial charge in [0.15, 0.2) is 0 Å². The number of thioether (sulfide) groups is 1. The zero-order valence-electron chi connectivity index (χ0n) is 11.7. The number of anilines is 2. The van der Waals surface area contributed by atoms with Crippen molar-refractivity contribution in [1.82, 2.24) is 4.98 Å². The summed E-state index contributed by atoms with van der Waals surface area (Å²) in [5, 5.41) is 3.44. The maximum absolute atomic E-state index is 5.83. The van der Waals surface area contributed by atoms with E-state index in [1.165, 1.54) is 25.7 Å². The van der Waals surface area contributed by atoms with E-state index in [1.807, 2.05) is 30.8 Å². The van der Waals surface area contributed by atoms with Gasteiger partial charge in [0.05, 0.1) is 12.3 Å². The van der Waals surface area contributed by atoms with Crippen molar-refractivity contribution in [2.24, 2.45) is 0 Å². The van der Waals surface area contributed by atoms with Crippen molar-refractivity contribution >= 4 is 23.3 Å². The Hall–Kier alpha value is -1.10. The van der Waals surface area contributed by atoms with Gasteiger partial charge in [-0.1, -0.05) is 12.8 Å². The van der Waals surface area contributed by atoms with Crippen LogP contribution < -0.4 is 15.8 Å². The molecule has 0 atom stereocenters. The van der Waals surface area contributed by atoms with Gasteiger partial charge in [-0.05, 0) is 38.2 Å². The third-order valence-corrected chi connectivity index (χ3v) is 5.13. The molecule has 1 aromatic heterocycles. The molecule has 0 spiro atoms. The molecule has 0 aromatic carbocycles. The van der Waals surface area contributed by atoms with Crippen molar-refractivity contribution in [3.05, 3.63) is 12.1 Å². The van der Waals surface area contributed by atoms with Gasteiger partial charge in [0.1, 0.15) is 5.82 Å². The van der Waals surface area contributed by atoms with Crippen LogP contribution >= 0.6 is 11.8 Å². The molecule has 3 N–H and O–H groups in total. The highest BCUT2D eigenvalue weighted by molar-refractivity contribution is 8.00. The fourth-order valence-corrected chi connectivity index (χ4v) is 3.44. The molecule has 4 nitrogen and oxygen atoms in total. The quantitative estimate of drug-likeness (QED) is 0.839. The number of nitrogen functional groups attached to an aromatic ring is 1. The molecule has 1 fully saturated rings. The van der Waals surface area contributed by atoms with Crippen LogP contribution in [0, 0.1) is 0 Å². The van der Waals surface area contributed by atoms with E-state index in [0.717, 1.165) is 12.4 Å². The number of ether oxygens (including phenoxy) is 1. The Balaban J connectivity index is 2.01. The number of rotatable bonds is 6. The molecule has 0 saturated heterocycles. The first-order valence-electron chi connectivity index (χ1n) is 6.87. The minimum atomic E-state index is 0.370. The van der Waals surface area contributed by atoms with E-state index in [4.69, 9.17) is 10.5 Å². The van der Waals surface area contributed by atoms with Gasteiger partial charge in [-0.25, -0.2) is 0 Å². The average Bonchev–Trinajstić information content (AvgIpc) is 2.89. The maximum Gasteiger partial charge on any atom is 0.239 e. The fraction of sp³-hybridized carbons (Fsp3) is 0.643. The van der Waals surface area contributed by atoms with E-state index >= 15 is 0 Å². The Morgan fingerprint density at radius 2 is 2.16 bits per heavy atom. The van der Waals surface area contributed by atoms with Gasteiger partial charge in [0, 0.05) is 11.3 Å². The van der Waals surface area contributed by atoms with Crippen molar-refractivity contribution < 1.29 is 4.74 Å². The summed E-state index contributed by atoms with van der Waals surface area (Å²) in [6.07, 6.45) is 7.45. The van der Waals surface area contributed by atoms with Crippen LogP contribution in [0.4, 0.5) is 11.5 Å². The largest absolute Gasteiger partial charge is 0.476 e. The molecule has 0 radical (unpaired) electrons. The van der Waals surface area contributed by atoms with Crippen LogP contribution in [0.5, 0.6) is 5.88 Å². The summed E-state index contributed by atoms with van der Waals surface area (Å²) >= 11 is 1.97. The van der Waals surface area contributed by atoms with Crippen molar-refractivity contribution in [2.75, 3.05) is 30.5 Å². The molecule has 0 aliphatic heterocycles. The molecular formula is C14H23N3OS. The molecular weight excluding hydrogens is 258 g/mol. The molecule has 2 rings (SSSR count). The normalized spacial score (nSPS) is 17.4. The minimum absolute atomic E-state index is 0.370. The Morgan fingerprint density at radius 1 is 1.42 bits per heavy atom. The van der Waals surface area contributed by atoms with Crippen molar-refractivity contribution in [3.63, 3.8) is 0 Å². The zero-order chi connectivity index (χ0) is 13.7. The first kappa shape index (κ1) is 14.3. The Bertz CT molecular complexity index is 419. The summed E-state index contributed by atoms with van der Waals surface area (Å²) in [4.78, 5) is 4.42. The van der Waals surface area contributed by atoms with Gasteiger partial charge in [0.25, 0.3) is 0 Å². The second-order valence-corrected chi connectivity index (χ2v) is 6.25. The molecule has 106 valence electrons. The predicted molar refractivity (Wildman–Crippen MR) is 83.0 cm³/mol. The lowest BCUT2D eigenvalue weighted by Gasteiger charge is -2.27. The molecule has 1 saturated carbocycles. The summed E-state index contributed by atoms with van der Waals surface area (Å²) in [7, 11) is 0. The molecule has 19 heavy (non-hydrogen) atoms. The standard InChI is InChI=1S/C14H23N3OS/c1-3-18-13-11(15)6-7-12(17-13)16-10-14(19-2)8-4-5-9-14/h6-7H,3-5,8-10,15H2,1-2H3,(H,16,17). The summed E-state index contributed by atoms with van der Waals surface area (Å²) in [5.74, 6) is 1.37. The number of hydrogen-bond acceptors (Lipinski definition) is 5. The highest BCUT2D eigenvalue weighted by atomic mass is 32.2. The highest BCUT2D eigenvalue weighted by Crippen LogP contribution is 2.40. The first-order chi connectivity index (χ1) is 9.19. The van der Waals surface area contributed by atoms with E-state index in [9.17, 15) is 0 Å². The highest BCUT2D eigenvalue weighted by Gasteiger charge is 2.32. The van der Waals surface area contributed by atoms with E-state index in [2.05, 4.69) is 16.6 Å². The lowest BCUT2D eigenvalue weighted by Crippen LogP contribution is -2.30. The Morgan fingerprint density at radius 3 is 2.79 bits per heavy atom. The minimum Gasteiger partial charge on any atom is -0.476 e. The fourth-order valence-electron chi connectivity index (χ4n) is 2.53. The summed E-state index contributed by atoms with van der Waals surface area (Å²) in [6, 6.07) is 3.77. The molecule has 0 bridgehead atoms. The number of nitrogens with zero attached hydrogens (tertiary/aromatic N) is 1. The van der Waals surface area contributed by atoms with Crippen LogP contribution in [0.2, 0.25) is 0 Å². The number of nitrogens with two attached hydrogens (primary N) is 1. The van der Waals surface area contributed by atoms with Gasteiger partial charge >= 0.3 is 0 Å². The van der Waals surface area contributed by atoms with Gasteiger partial charge in [-0.3, -0.25) is 0 Å². The van der Waals surface area contributed by atoms with Crippen molar-refractivity contribution in [1.29, 1.82) is 0 Å². The van der Waals surface area contributed by atoms with Gasteiger partial charge in [-0.2, -0.15) is 16.7 Å². The number of pyridine rings is 1. The topological polar surface area (TPSA) is 60.2 Å². The second-order valence-electron chi connectivity index (χ2n) is 4.97. The Kier molecular flexibility index (Phi) is 4.80. The maximum atomic E-state index is 5.83. The zero-order valence-corrected chi connectivity index (χ0v) is 12.6. The van der Waals surface area contributed by atoms with E-state index in [1.54, 1.807) is 0 Å².